The van der Waals surface area contributed by atoms with Crippen molar-refractivity contribution in [1.82, 2.24) is 29.4 Å². The lowest BCUT2D eigenvalue weighted by Gasteiger charge is -2.42. The molecule has 2 bridgehead atoms. The Labute approximate surface area is 267 Å². The molecule has 3 aliphatic rings. The first-order chi connectivity index (χ1) is 22.4. The maximum atomic E-state index is 14.4. The molecule has 1 spiro atoms. The van der Waals surface area contributed by atoms with E-state index in [1.54, 1.807) is 4.90 Å². The van der Waals surface area contributed by atoms with Gasteiger partial charge in [-0.2, -0.15) is 0 Å². The largest absolute Gasteiger partial charge is 0.503 e. The fraction of sp³-hybridized carbons (Fsp3) is 0.364. The van der Waals surface area contributed by atoms with Gasteiger partial charge in [0, 0.05) is 37.9 Å². The van der Waals surface area contributed by atoms with Gasteiger partial charge < -0.3 is 24.5 Å². The quantitative estimate of drug-likeness (QED) is 0.340. The zero-order valence-electron chi connectivity index (χ0n) is 25.9. The van der Waals surface area contributed by atoms with Gasteiger partial charge in [0.2, 0.25) is 11.3 Å². The van der Waals surface area contributed by atoms with Crippen LogP contribution in [0.2, 0.25) is 0 Å². The fourth-order valence-electron chi connectivity index (χ4n) is 7.02. The molecule has 2 aromatic heterocycles. The normalized spacial score (nSPS) is 22.2. The van der Waals surface area contributed by atoms with Gasteiger partial charge in [-0.25, -0.2) is 18.8 Å². The number of carbonyl (C=O) groups excluding carboxylic acids is 3. The first-order valence-electron chi connectivity index (χ1n) is 15.3. The van der Waals surface area contributed by atoms with Crippen molar-refractivity contribution < 1.29 is 33.1 Å². The molecule has 0 unspecified atom stereocenters. The molecule has 2 fully saturated rings. The molecule has 3 amide bonds. The molecule has 0 radical (unpaired) electrons. The smallest absolute Gasteiger partial charge is 0.274 e. The monoisotopic (exact) mass is 646 g/mol. The number of imidazole rings is 1. The summed E-state index contributed by atoms with van der Waals surface area (Å²) in [4.78, 5) is 66.5. The van der Waals surface area contributed by atoms with Crippen molar-refractivity contribution in [1.29, 1.82) is 0 Å². The zero-order valence-corrected chi connectivity index (χ0v) is 25.9. The number of nitrogens with one attached hydrogen (secondary N) is 1. The Bertz CT molecular complexity index is 2040. The highest BCUT2D eigenvalue weighted by atomic mass is 19.1. The van der Waals surface area contributed by atoms with Crippen LogP contribution in [0.15, 0.2) is 47.4 Å². The van der Waals surface area contributed by atoms with E-state index < -0.39 is 63.9 Å². The third-order valence-electron chi connectivity index (χ3n) is 9.65. The molecule has 2 N–H and O–H groups in total. The Balaban J connectivity index is 1.24. The standard InChI is InChI=1S/C33H32F2N6O6/c1-17-10-21(34)19(22(35)11-17)13-36-31(45)20-14-40-25-15-39(32(46)28(40)30(44)29(20)43)18(2)8-9-33(25)12-27(42)41(47-33)16-26-37-23-6-4-5-7-24(23)38(26)3/h4-7,10-11,14,18,25,44H,8-9,12-13,15-16H2,1-3H3,(H,36,45)/t18-,25+,33-/m0/s1. The van der Waals surface area contributed by atoms with Gasteiger partial charge in [0.1, 0.15) is 35.2 Å². The summed E-state index contributed by atoms with van der Waals surface area (Å²) in [5, 5.41) is 14.7. The van der Waals surface area contributed by atoms with E-state index in [9.17, 15) is 33.1 Å². The highest BCUT2D eigenvalue weighted by molar-refractivity contribution is 5.99. The second-order valence-corrected chi connectivity index (χ2v) is 12.6. The van der Waals surface area contributed by atoms with Gasteiger partial charge >= 0.3 is 0 Å². The van der Waals surface area contributed by atoms with Crippen LogP contribution in [0.5, 0.6) is 5.75 Å². The Morgan fingerprint density at radius 3 is 2.62 bits per heavy atom. The van der Waals surface area contributed by atoms with E-state index in [1.807, 2.05) is 42.8 Å². The molecule has 3 atom stereocenters. The van der Waals surface area contributed by atoms with E-state index in [2.05, 4.69) is 10.3 Å². The number of hydrogen-bond donors (Lipinski definition) is 2. The van der Waals surface area contributed by atoms with Crippen molar-refractivity contribution in [3.8, 4) is 5.75 Å². The molecule has 14 heteroatoms. The van der Waals surface area contributed by atoms with Crippen molar-refractivity contribution in [3.63, 3.8) is 0 Å². The first kappa shape index (κ1) is 30.5. The minimum atomic E-state index is -1.19. The summed E-state index contributed by atoms with van der Waals surface area (Å²) < 4.78 is 32.1. The molecular weight excluding hydrogens is 614 g/mol. The summed E-state index contributed by atoms with van der Waals surface area (Å²) in [6, 6.07) is 8.73. The Morgan fingerprint density at radius 2 is 1.89 bits per heavy atom. The molecule has 2 aromatic carbocycles. The van der Waals surface area contributed by atoms with E-state index in [-0.39, 0.29) is 37.2 Å². The van der Waals surface area contributed by atoms with E-state index in [0.29, 0.717) is 24.2 Å². The number of aromatic nitrogens is 3. The third kappa shape index (κ3) is 4.85. The van der Waals surface area contributed by atoms with Crippen LogP contribution >= 0.6 is 0 Å². The SMILES string of the molecule is Cc1cc(F)c(CNC(=O)c2cn3c(c(O)c2=O)C(=O)N2C[C@@H]3[C@]3(CC[C@@H]2C)CC(=O)N(Cc2nc4ccccc4n2C)O3)c(F)c1. The van der Waals surface area contributed by atoms with Crippen molar-refractivity contribution in [2.75, 3.05) is 6.54 Å². The van der Waals surface area contributed by atoms with Crippen LogP contribution in [0.4, 0.5) is 8.78 Å². The predicted octanol–water partition coefficient (Wildman–Crippen LogP) is 3.24. The summed E-state index contributed by atoms with van der Waals surface area (Å²) in [6.45, 7) is 2.95. The lowest BCUT2D eigenvalue weighted by Crippen LogP contribution is -2.52. The zero-order chi connectivity index (χ0) is 33.4. The van der Waals surface area contributed by atoms with Gasteiger partial charge in [-0.15, -0.1) is 0 Å². The predicted molar refractivity (Wildman–Crippen MR) is 163 cm³/mol. The van der Waals surface area contributed by atoms with Crippen molar-refractivity contribution >= 4 is 28.8 Å². The Hall–Kier alpha value is -5.11. The van der Waals surface area contributed by atoms with Gasteiger partial charge in [0.05, 0.1) is 23.5 Å². The molecular formula is C33H32F2N6O6. The molecule has 5 heterocycles. The number of nitrogens with zero attached hydrogens (tertiary/aromatic N) is 5. The molecule has 0 saturated carbocycles. The number of aryl methyl sites for hydroxylation is 2. The van der Waals surface area contributed by atoms with Gasteiger partial charge in [0.25, 0.3) is 11.8 Å². The lowest BCUT2D eigenvalue weighted by atomic mass is 9.85. The minimum absolute atomic E-state index is 0.0543. The lowest BCUT2D eigenvalue weighted by molar-refractivity contribution is -0.218. The van der Waals surface area contributed by atoms with Crippen molar-refractivity contribution in [2.45, 2.75) is 63.9 Å². The minimum Gasteiger partial charge on any atom is -0.503 e. The average Bonchev–Trinajstić information content (AvgIpc) is 3.48. The second kappa shape index (κ2) is 11.0. The average molecular weight is 647 g/mol. The summed E-state index contributed by atoms with van der Waals surface area (Å²) in [6.07, 6.45) is 1.92. The number of amides is 3. The molecule has 7 rings (SSSR count). The van der Waals surface area contributed by atoms with E-state index >= 15 is 0 Å². The number of para-hydroxylation sites is 2. The van der Waals surface area contributed by atoms with Crippen LogP contribution in [0.3, 0.4) is 0 Å². The number of rotatable bonds is 5. The number of halogens is 2. The number of hydrogen-bond acceptors (Lipinski definition) is 7. The van der Waals surface area contributed by atoms with Crippen LogP contribution in [0.25, 0.3) is 11.0 Å². The van der Waals surface area contributed by atoms with Gasteiger partial charge in [-0.05, 0) is 56.5 Å². The Kier molecular flexibility index (Phi) is 7.15. The Morgan fingerprint density at radius 1 is 1.17 bits per heavy atom. The van der Waals surface area contributed by atoms with E-state index in [0.717, 1.165) is 29.4 Å². The van der Waals surface area contributed by atoms with Gasteiger partial charge in [-0.3, -0.25) is 24.0 Å². The number of aromatic hydroxyl groups is 1. The molecule has 244 valence electrons. The van der Waals surface area contributed by atoms with Crippen molar-refractivity contribution in [3.05, 3.63) is 92.7 Å². The third-order valence-corrected chi connectivity index (χ3v) is 9.65. The van der Waals surface area contributed by atoms with Crippen LogP contribution in [-0.4, -0.2) is 65.1 Å². The number of benzene rings is 2. The summed E-state index contributed by atoms with van der Waals surface area (Å²) in [5.74, 6) is -3.97. The van der Waals surface area contributed by atoms with Crippen molar-refractivity contribution in [2.24, 2.45) is 7.05 Å². The highest BCUT2D eigenvalue weighted by Crippen LogP contribution is 2.47. The van der Waals surface area contributed by atoms with Crippen LogP contribution in [-0.2, 0) is 29.8 Å². The molecule has 12 nitrogen and oxygen atoms in total. The first-order valence-corrected chi connectivity index (χ1v) is 15.3. The van der Waals surface area contributed by atoms with Gasteiger partial charge in [0.15, 0.2) is 11.4 Å². The second-order valence-electron chi connectivity index (χ2n) is 12.6. The van der Waals surface area contributed by atoms with Crippen LogP contribution in [0, 0.1) is 18.6 Å². The molecule has 3 aliphatic heterocycles. The maximum Gasteiger partial charge on any atom is 0.274 e. The molecule has 2 saturated heterocycles. The molecule has 4 aromatic rings. The number of fused-ring (bicyclic) bond motifs is 6. The highest BCUT2D eigenvalue weighted by Gasteiger charge is 2.56. The fourth-order valence-corrected chi connectivity index (χ4v) is 7.02. The van der Waals surface area contributed by atoms with Crippen LogP contribution in [0.1, 0.15) is 70.0 Å². The number of carbonyl (C=O) groups is 3. The summed E-state index contributed by atoms with van der Waals surface area (Å²) in [5.41, 5.74) is -1.54. The summed E-state index contributed by atoms with van der Waals surface area (Å²) >= 11 is 0. The van der Waals surface area contributed by atoms with Crippen LogP contribution < -0.4 is 10.7 Å². The maximum absolute atomic E-state index is 14.4. The van der Waals surface area contributed by atoms with E-state index in [1.165, 1.54) is 16.6 Å². The van der Waals surface area contributed by atoms with Gasteiger partial charge in [-0.1, -0.05) is 12.1 Å². The summed E-state index contributed by atoms with van der Waals surface area (Å²) in [7, 11) is 1.85. The molecule has 0 aliphatic carbocycles. The number of hydroxylamine groups is 2. The topological polar surface area (TPSA) is 139 Å². The van der Waals surface area contributed by atoms with E-state index in [4.69, 9.17) is 4.84 Å². The molecule has 47 heavy (non-hydrogen) atoms. The number of pyridine rings is 1.